The maximum atomic E-state index is 14.8. The Labute approximate surface area is 207 Å². The lowest BCUT2D eigenvalue weighted by Crippen LogP contribution is -2.10. The summed E-state index contributed by atoms with van der Waals surface area (Å²) >= 11 is 0. The normalized spacial score (nSPS) is 13.1. The number of pyridine rings is 1. The minimum atomic E-state index is -0.675. The predicted molar refractivity (Wildman–Crippen MR) is 130 cm³/mol. The van der Waals surface area contributed by atoms with E-state index in [0.717, 1.165) is 29.7 Å². The van der Waals surface area contributed by atoms with Crippen molar-refractivity contribution < 1.29 is 18.3 Å². The Hall–Kier alpha value is -4.08. The quantitative estimate of drug-likeness (QED) is 0.358. The van der Waals surface area contributed by atoms with Gasteiger partial charge in [-0.2, -0.15) is 5.10 Å². The van der Waals surface area contributed by atoms with Crippen molar-refractivity contribution in [3.8, 4) is 23.0 Å². The van der Waals surface area contributed by atoms with Gasteiger partial charge in [-0.15, -0.1) is 0 Å². The van der Waals surface area contributed by atoms with E-state index in [1.807, 2.05) is 19.1 Å². The second-order valence-corrected chi connectivity index (χ2v) is 8.68. The molecule has 0 radical (unpaired) electrons. The van der Waals surface area contributed by atoms with Crippen LogP contribution in [0.15, 0.2) is 42.9 Å². The van der Waals surface area contributed by atoms with Crippen molar-refractivity contribution in [3.63, 3.8) is 0 Å². The van der Waals surface area contributed by atoms with E-state index in [4.69, 9.17) is 15.2 Å². The molecular weight excluding hydrogens is 466 g/mol. The van der Waals surface area contributed by atoms with Crippen molar-refractivity contribution in [3.05, 3.63) is 76.9 Å². The Morgan fingerprint density at radius 3 is 2.47 bits per heavy atom. The first kappa shape index (κ1) is 23.7. The van der Waals surface area contributed by atoms with Crippen molar-refractivity contribution in [2.24, 2.45) is 0 Å². The Morgan fingerprint density at radius 2 is 1.83 bits per heavy atom. The summed E-state index contributed by atoms with van der Waals surface area (Å²) in [5.74, 6) is -0.0496. The average molecular weight is 493 g/mol. The number of rotatable bonds is 9. The highest BCUT2D eigenvalue weighted by Crippen LogP contribution is 2.44. The van der Waals surface area contributed by atoms with Crippen LogP contribution in [0.2, 0.25) is 0 Å². The molecule has 0 amide bonds. The summed E-state index contributed by atoms with van der Waals surface area (Å²) in [6, 6.07) is 6.09. The van der Waals surface area contributed by atoms with E-state index in [0.29, 0.717) is 30.5 Å². The third-order valence-corrected chi connectivity index (χ3v) is 6.07. The molecule has 0 bridgehead atoms. The van der Waals surface area contributed by atoms with Crippen LogP contribution in [0.25, 0.3) is 11.5 Å². The zero-order chi connectivity index (χ0) is 25.2. The Morgan fingerprint density at radius 1 is 1.11 bits per heavy atom. The van der Waals surface area contributed by atoms with Crippen LogP contribution in [0, 0.1) is 18.6 Å². The highest BCUT2D eigenvalue weighted by Gasteiger charge is 2.32. The first-order valence-electron chi connectivity index (χ1n) is 11.8. The molecule has 1 fully saturated rings. The molecule has 2 N–H and O–H groups in total. The summed E-state index contributed by atoms with van der Waals surface area (Å²) in [6.07, 6.45) is 6.86. The van der Waals surface area contributed by atoms with Crippen molar-refractivity contribution in [1.82, 2.24) is 24.7 Å². The summed E-state index contributed by atoms with van der Waals surface area (Å²) in [4.78, 5) is 12.8. The summed E-state index contributed by atoms with van der Waals surface area (Å²) in [5.41, 5.74) is 9.34. The lowest BCUT2D eigenvalue weighted by molar-refractivity contribution is 0.305. The molecule has 186 valence electrons. The van der Waals surface area contributed by atoms with Gasteiger partial charge in [-0.05, 0) is 44.4 Å². The molecule has 1 aliphatic carbocycles. The first-order chi connectivity index (χ1) is 17.4. The number of nitrogens with two attached hydrogens (primary N) is 1. The number of nitrogen functional groups attached to an aromatic ring is 1. The average Bonchev–Trinajstić information content (AvgIpc) is 3.64. The molecule has 0 unspecified atom stereocenters. The molecular formula is C26H26F2N6O2. The van der Waals surface area contributed by atoms with E-state index < -0.39 is 11.6 Å². The SMILES string of the molecule is CCOc1cc(F)c(Cn2nc(-c3ncc(OCc4ccncc4)c(N)n3)c(C)c2C2CC2)c(F)c1. The third-order valence-electron chi connectivity index (χ3n) is 6.07. The van der Waals surface area contributed by atoms with Crippen LogP contribution in [0.5, 0.6) is 11.5 Å². The van der Waals surface area contributed by atoms with Crippen molar-refractivity contribution in [2.45, 2.75) is 45.8 Å². The predicted octanol–water partition coefficient (Wildman–Crippen LogP) is 4.81. The fourth-order valence-electron chi connectivity index (χ4n) is 4.15. The Balaban J connectivity index is 1.43. The zero-order valence-corrected chi connectivity index (χ0v) is 20.0. The zero-order valence-electron chi connectivity index (χ0n) is 20.0. The summed E-state index contributed by atoms with van der Waals surface area (Å²) in [5, 5.41) is 4.67. The number of nitrogens with zero attached hydrogens (tertiary/aromatic N) is 5. The van der Waals surface area contributed by atoms with Gasteiger partial charge < -0.3 is 15.2 Å². The standard InChI is InChI=1S/C26H26F2N6O2/c1-3-35-18-10-20(27)19(21(28)11-18)13-34-24(17-4-5-17)15(2)23(33-34)26-31-12-22(25(29)32-26)36-14-16-6-8-30-9-7-16/h6-12,17H,3-5,13-14H2,1-2H3,(H2,29,31,32). The van der Waals surface area contributed by atoms with Gasteiger partial charge in [0, 0.05) is 47.3 Å². The molecule has 0 spiro atoms. The van der Waals surface area contributed by atoms with Crippen LogP contribution >= 0.6 is 0 Å². The topological polar surface area (TPSA) is 101 Å². The smallest absolute Gasteiger partial charge is 0.182 e. The van der Waals surface area contributed by atoms with E-state index >= 15 is 0 Å². The van der Waals surface area contributed by atoms with Gasteiger partial charge in [0.25, 0.3) is 0 Å². The van der Waals surface area contributed by atoms with E-state index in [2.05, 4.69) is 20.1 Å². The minimum Gasteiger partial charge on any atom is -0.494 e. The highest BCUT2D eigenvalue weighted by molar-refractivity contribution is 5.60. The monoisotopic (exact) mass is 492 g/mol. The molecule has 36 heavy (non-hydrogen) atoms. The molecule has 10 heteroatoms. The molecule has 0 aliphatic heterocycles. The van der Waals surface area contributed by atoms with Gasteiger partial charge >= 0.3 is 0 Å². The van der Waals surface area contributed by atoms with Gasteiger partial charge in [-0.25, -0.2) is 18.7 Å². The first-order valence-corrected chi connectivity index (χ1v) is 11.8. The van der Waals surface area contributed by atoms with Crippen LogP contribution in [0.1, 0.15) is 48.1 Å². The number of anilines is 1. The van der Waals surface area contributed by atoms with Crippen LogP contribution in [-0.2, 0) is 13.2 Å². The molecule has 5 rings (SSSR count). The van der Waals surface area contributed by atoms with Gasteiger partial charge in [-0.1, -0.05) is 0 Å². The lowest BCUT2D eigenvalue weighted by atomic mass is 10.1. The van der Waals surface area contributed by atoms with Gasteiger partial charge in [0.2, 0.25) is 0 Å². The molecule has 1 saturated carbocycles. The van der Waals surface area contributed by atoms with Gasteiger partial charge in [0.15, 0.2) is 17.4 Å². The number of halogens is 2. The lowest BCUT2D eigenvalue weighted by Gasteiger charge is -2.11. The van der Waals surface area contributed by atoms with Crippen LogP contribution in [-0.4, -0.2) is 31.3 Å². The van der Waals surface area contributed by atoms with Crippen LogP contribution in [0.4, 0.5) is 14.6 Å². The van der Waals surface area contributed by atoms with Crippen LogP contribution in [0.3, 0.4) is 0 Å². The molecule has 3 heterocycles. The largest absolute Gasteiger partial charge is 0.494 e. The van der Waals surface area contributed by atoms with Gasteiger partial charge in [0.05, 0.1) is 19.3 Å². The molecule has 0 atom stereocenters. The van der Waals surface area contributed by atoms with E-state index in [1.165, 1.54) is 18.3 Å². The summed E-state index contributed by atoms with van der Waals surface area (Å²) in [6.45, 7) is 4.24. The second-order valence-electron chi connectivity index (χ2n) is 8.68. The van der Waals surface area contributed by atoms with E-state index in [-0.39, 0.29) is 29.6 Å². The number of aromatic nitrogens is 5. The highest BCUT2D eigenvalue weighted by atomic mass is 19.1. The third kappa shape index (κ3) is 4.84. The van der Waals surface area contributed by atoms with Crippen molar-refractivity contribution >= 4 is 5.82 Å². The van der Waals surface area contributed by atoms with E-state index in [9.17, 15) is 8.78 Å². The molecule has 1 aromatic carbocycles. The molecule has 4 aromatic rings. The Bertz CT molecular complexity index is 1370. The Kier molecular flexibility index (Phi) is 6.49. The summed E-state index contributed by atoms with van der Waals surface area (Å²) in [7, 11) is 0. The molecule has 3 aromatic heterocycles. The fraction of sp³-hybridized carbons (Fsp3) is 0.308. The minimum absolute atomic E-state index is 0.0562. The van der Waals surface area contributed by atoms with Crippen molar-refractivity contribution in [1.29, 1.82) is 0 Å². The maximum absolute atomic E-state index is 14.8. The molecule has 1 aliphatic rings. The van der Waals surface area contributed by atoms with Gasteiger partial charge in [-0.3, -0.25) is 9.67 Å². The van der Waals surface area contributed by atoms with Gasteiger partial charge in [0.1, 0.15) is 29.7 Å². The molecule has 8 nitrogen and oxygen atoms in total. The van der Waals surface area contributed by atoms with Crippen molar-refractivity contribution in [2.75, 3.05) is 12.3 Å². The number of benzene rings is 1. The fourth-order valence-corrected chi connectivity index (χ4v) is 4.15. The summed E-state index contributed by atoms with van der Waals surface area (Å²) < 4.78 is 42.2. The maximum Gasteiger partial charge on any atom is 0.182 e. The van der Waals surface area contributed by atoms with Crippen LogP contribution < -0.4 is 15.2 Å². The number of hydrogen-bond donors (Lipinski definition) is 1. The molecule has 0 saturated heterocycles. The number of hydrogen-bond acceptors (Lipinski definition) is 7. The second kappa shape index (κ2) is 9.88. The van der Waals surface area contributed by atoms with E-state index in [1.54, 1.807) is 24.0 Å². The number of ether oxygens (including phenoxy) is 2.